The van der Waals surface area contributed by atoms with Gasteiger partial charge in [-0.15, -0.1) is 0 Å². The van der Waals surface area contributed by atoms with Crippen molar-refractivity contribution < 1.29 is 19.7 Å². The molecule has 0 amide bonds. The minimum atomic E-state index is -0.795. The van der Waals surface area contributed by atoms with Gasteiger partial charge in [0.1, 0.15) is 0 Å². The first-order valence-electron chi connectivity index (χ1n) is 8.04. The van der Waals surface area contributed by atoms with Crippen molar-refractivity contribution in [3.05, 3.63) is 76.9 Å². The van der Waals surface area contributed by atoms with Crippen LogP contribution in [0.3, 0.4) is 0 Å². The van der Waals surface area contributed by atoms with Crippen LogP contribution < -0.4 is 10.9 Å². The van der Waals surface area contributed by atoms with Gasteiger partial charge in [-0.2, -0.15) is 10.2 Å². The van der Waals surface area contributed by atoms with Gasteiger partial charge >= 0.3 is 0 Å². The molecule has 0 bridgehead atoms. The lowest BCUT2D eigenvalue weighted by Gasteiger charge is -2.02. The molecule has 2 aromatic carbocycles. The number of hydrogen-bond donors (Lipinski definition) is 2. The van der Waals surface area contributed by atoms with Gasteiger partial charge in [0.15, 0.2) is 0 Å². The van der Waals surface area contributed by atoms with Gasteiger partial charge < -0.3 is 0 Å². The van der Waals surface area contributed by atoms with Crippen molar-refractivity contribution >= 4 is 46.1 Å². The maximum atomic E-state index is 10.9. The molecule has 0 aliphatic carbocycles. The monoisotopic (exact) mass is 432 g/mol. The molecule has 0 unspecified atom stereocenters. The molecule has 0 atom stereocenters. The molecule has 0 spiro atoms. The van der Waals surface area contributed by atoms with E-state index in [9.17, 15) is 40.5 Å². The number of nitrogens with one attached hydrogen (secondary N) is 2. The molecule has 160 valence electrons. The van der Waals surface area contributed by atoms with Gasteiger partial charge in [-0.1, -0.05) is 0 Å². The third-order valence-electron chi connectivity index (χ3n) is 3.45. The number of anilines is 2. The Kier molecular flexibility index (Phi) is 6.79. The van der Waals surface area contributed by atoms with Crippen LogP contribution in [0.1, 0.15) is 6.92 Å². The first-order valence-corrected chi connectivity index (χ1v) is 8.04. The van der Waals surface area contributed by atoms with E-state index in [-0.39, 0.29) is 17.1 Å². The molecule has 0 saturated carbocycles. The lowest BCUT2D eigenvalue weighted by atomic mass is 10.2. The highest BCUT2D eigenvalue weighted by atomic mass is 16.6. The molecule has 2 N–H and O–H groups in total. The molecular formula is C15H12N8O8. The van der Waals surface area contributed by atoms with Crippen LogP contribution >= 0.6 is 0 Å². The number of hydrogen-bond acceptors (Lipinski definition) is 12. The van der Waals surface area contributed by atoms with Gasteiger partial charge in [0.25, 0.3) is 22.7 Å². The van der Waals surface area contributed by atoms with Gasteiger partial charge in [-0.3, -0.25) is 51.3 Å². The molecule has 2 aromatic rings. The maximum Gasteiger partial charge on any atom is 0.278 e. The van der Waals surface area contributed by atoms with Crippen LogP contribution in [0.5, 0.6) is 0 Å². The Morgan fingerprint density at radius 1 is 0.710 bits per heavy atom. The molecule has 0 aliphatic heterocycles. The summed E-state index contributed by atoms with van der Waals surface area (Å²) < 4.78 is 0. The van der Waals surface area contributed by atoms with Crippen LogP contribution in [0, 0.1) is 40.5 Å². The summed E-state index contributed by atoms with van der Waals surface area (Å²) >= 11 is 0. The largest absolute Gasteiger partial charge is 0.278 e. The number of nitro groups is 4. The van der Waals surface area contributed by atoms with E-state index in [0.717, 1.165) is 42.6 Å². The molecule has 2 rings (SSSR count). The molecule has 0 aromatic heterocycles. The number of non-ortho nitro benzene ring substituents is 4. The summed E-state index contributed by atoms with van der Waals surface area (Å²) in [6.07, 6.45) is 1.14. The van der Waals surface area contributed by atoms with Crippen LogP contribution in [0.4, 0.5) is 34.1 Å². The lowest BCUT2D eigenvalue weighted by molar-refractivity contribution is -0.394. The van der Waals surface area contributed by atoms with Gasteiger partial charge in [0.2, 0.25) is 0 Å². The fraction of sp³-hybridized carbons (Fsp3) is 0.0667. The fourth-order valence-corrected chi connectivity index (χ4v) is 2.12. The van der Waals surface area contributed by atoms with Crippen molar-refractivity contribution in [2.24, 2.45) is 10.2 Å². The standard InChI is InChI=1S/C15H12N8O8/c1-9(17-19-11-4-14(22(28)29)7-15(5-11)23(30)31)8-16-18-10-2-12(20(24)25)6-13(3-10)21(26)27/h2-8,18-19H,1H3/b16-8+,17-9+. The van der Waals surface area contributed by atoms with Crippen LogP contribution in [0.2, 0.25) is 0 Å². The topological polar surface area (TPSA) is 221 Å². The normalized spacial score (nSPS) is 11.2. The van der Waals surface area contributed by atoms with Crippen molar-refractivity contribution in [2.75, 3.05) is 10.9 Å². The van der Waals surface area contributed by atoms with Crippen molar-refractivity contribution in [3.8, 4) is 0 Å². The Morgan fingerprint density at radius 3 is 1.42 bits per heavy atom. The van der Waals surface area contributed by atoms with Crippen LogP contribution in [0.15, 0.2) is 46.6 Å². The molecule has 0 aliphatic rings. The lowest BCUT2D eigenvalue weighted by Crippen LogP contribution is -2.02. The van der Waals surface area contributed by atoms with Crippen LogP contribution in [-0.4, -0.2) is 31.6 Å². The van der Waals surface area contributed by atoms with E-state index in [1.807, 2.05) is 0 Å². The molecule has 0 heterocycles. The number of nitro benzene ring substituents is 4. The third-order valence-corrected chi connectivity index (χ3v) is 3.45. The Bertz CT molecular complexity index is 1070. The molecule has 0 fully saturated rings. The molecular weight excluding hydrogens is 420 g/mol. The fourth-order valence-electron chi connectivity index (χ4n) is 2.12. The van der Waals surface area contributed by atoms with Crippen molar-refractivity contribution in [2.45, 2.75) is 6.92 Å². The second-order valence-corrected chi connectivity index (χ2v) is 5.74. The Morgan fingerprint density at radius 2 is 1.06 bits per heavy atom. The van der Waals surface area contributed by atoms with Crippen LogP contribution in [-0.2, 0) is 0 Å². The highest BCUT2D eigenvalue weighted by molar-refractivity contribution is 6.29. The van der Waals surface area contributed by atoms with E-state index in [1.54, 1.807) is 0 Å². The zero-order valence-corrected chi connectivity index (χ0v) is 15.5. The molecule has 16 nitrogen and oxygen atoms in total. The van der Waals surface area contributed by atoms with Crippen molar-refractivity contribution in [1.29, 1.82) is 0 Å². The number of rotatable bonds is 9. The predicted molar refractivity (Wildman–Crippen MR) is 108 cm³/mol. The van der Waals surface area contributed by atoms with Gasteiger partial charge in [-0.25, -0.2) is 0 Å². The Labute approximate surface area is 171 Å². The highest BCUT2D eigenvalue weighted by Gasteiger charge is 2.17. The first-order chi connectivity index (χ1) is 14.6. The summed E-state index contributed by atoms with van der Waals surface area (Å²) in [7, 11) is 0. The minimum Gasteiger partial charge on any atom is -0.278 e. The van der Waals surface area contributed by atoms with Crippen molar-refractivity contribution in [1.82, 2.24) is 0 Å². The van der Waals surface area contributed by atoms with E-state index in [1.165, 1.54) is 6.92 Å². The molecule has 31 heavy (non-hydrogen) atoms. The maximum absolute atomic E-state index is 10.9. The zero-order valence-electron chi connectivity index (χ0n) is 15.5. The SMILES string of the molecule is CC(/C=N/Nc1cc([N+](=O)[O-])cc([N+](=O)[O-])c1)=N\Nc1cc([N+](=O)[O-])cc([N+](=O)[O-])c1. The Hall–Kier alpha value is -5.02. The quantitative estimate of drug-likeness (QED) is 0.334. The third kappa shape index (κ3) is 6.24. The van der Waals surface area contributed by atoms with E-state index in [2.05, 4.69) is 21.1 Å². The molecule has 16 heteroatoms. The summed E-state index contributed by atoms with van der Waals surface area (Å²) in [5.74, 6) is 0. The highest BCUT2D eigenvalue weighted by Crippen LogP contribution is 2.26. The van der Waals surface area contributed by atoms with Crippen LogP contribution in [0.25, 0.3) is 0 Å². The van der Waals surface area contributed by atoms with E-state index < -0.39 is 42.4 Å². The first kappa shape index (κ1) is 22.3. The van der Waals surface area contributed by atoms with Gasteiger partial charge in [-0.05, 0) is 6.92 Å². The van der Waals surface area contributed by atoms with E-state index in [4.69, 9.17) is 0 Å². The smallest absolute Gasteiger partial charge is 0.278 e. The number of hydrazone groups is 2. The number of benzene rings is 2. The summed E-state index contributed by atoms with van der Waals surface area (Å²) in [4.78, 5) is 40.3. The van der Waals surface area contributed by atoms with Crippen molar-refractivity contribution in [3.63, 3.8) is 0 Å². The summed E-state index contributed by atoms with van der Waals surface area (Å²) in [5, 5.41) is 51.1. The summed E-state index contributed by atoms with van der Waals surface area (Å²) in [6.45, 7) is 1.46. The minimum absolute atomic E-state index is 0.0177. The summed E-state index contributed by atoms with van der Waals surface area (Å²) in [5.41, 5.74) is 2.93. The average Bonchev–Trinajstić information content (AvgIpc) is 2.71. The van der Waals surface area contributed by atoms with E-state index in [0.29, 0.717) is 0 Å². The molecule has 0 saturated heterocycles. The second kappa shape index (κ2) is 9.45. The van der Waals surface area contributed by atoms with Gasteiger partial charge in [0.05, 0.1) is 55.1 Å². The van der Waals surface area contributed by atoms with E-state index >= 15 is 0 Å². The summed E-state index contributed by atoms with van der Waals surface area (Å²) in [6, 6.07) is 5.76. The zero-order chi connectivity index (χ0) is 23.1. The second-order valence-electron chi connectivity index (χ2n) is 5.74. The van der Waals surface area contributed by atoms with Gasteiger partial charge in [0, 0.05) is 24.3 Å². The average molecular weight is 432 g/mol. The number of nitrogens with zero attached hydrogens (tertiary/aromatic N) is 6. The molecule has 0 radical (unpaired) electrons. The Balaban J connectivity index is 2.15. The predicted octanol–water partition coefficient (Wildman–Crippen LogP) is 3.21.